The minimum atomic E-state index is -0.646. The summed E-state index contributed by atoms with van der Waals surface area (Å²) in [6.45, 7) is 0. The highest BCUT2D eigenvalue weighted by Gasteiger charge is 2.38. The molecule has 26 heavy (non-hydrogen) atoms. The zero-order valence-corrected chi connectivity index (χ0v) is 15.7. The molecule has 2 fully saturated rings. The Kier molecular flexibility index (Phi) is 6.54. The van der Waals surface area contributed by atoms with Gasteiger partial charge in [-0.3, -0.25) is 9.59 Å². The number of carbonyl (C=O) groups is 2. The fourth-order valence-corrected chi connectivity index (χ4v) is 3.77. The summed E-state index contributed by atoms with van der Waals surface area (Å²) < 4.78 is 0. The van der Waals surface area contributed by atoms with Gasteiger partial charge in [-0.05, 0) is 62.6 Å². The molecule has 2 amide bonds. The zero-order chi connectivity index (χ0) is 18.5. The third kappa shape index (κ3) is 5.21. The molecule has 2 saturated carbocycles. The molecule has 6 heteroatoms. The highest BCUT2D eigenvalue weighted by atomic mass is 35.5. The fraction of sp³-hybridized carbons (Fsp3) is 0.600. The van der Waals surface area contributed by atoms with Crippen molar-refractivity contribution in [3.63, 3.8) is 0 Å². The van der Waals surface area contributed by atoms with Crippen LogP contribution in [0.4, 0.5) is 0 Å². The number of aryl methyl sites for hydroxylation is 1. The molecule has 0 bridgehead atoms. The first-order chi connectivity index (χ1) is 12.5. The third-order valence-electron chi connectivity index (χ3n) is 5.48. The molecule has 0 aliphatic heterocycles. The van der Waals surface area contributed by atoms with Gasteiger partial charge in [-0.15, -0.1) is 0 Å². The molecule has 0 heterocycles. The van der Waals surface area contributed by atoms with Crippen molar-refractivity contribution in [3.05, 3.63) is 34.9 Å². The number of aliphatic hydroxyl groups excluding tert-OH is 1. The van der Waals surface area contributed by atoms with Crippen LogP contribution >= 0.6 is 11.6 Å². The number of aliphatic hydroxyl groups is 1. The molecule has 1 aromatic rings. The lowest BCUT2D eigenvalue weighted by molar-refractivity contribution is -0.126. The maximum absolute atomic E-state index is 12.2. The summed E-state index contributed by atoms with van der Waals surface area (Å²) in [4.78, 5) is 24.4. The lowest BCUT2D eigenvalue weighted by Crippen LogP contribution is -2.42. The molecule has 1 aromatic carbocycles. The zero-order valence-electron chi connectivity index (χ0n) is 14.9. The molecule has 3 N–H and O–H groups in total. The van der Waals surface area contributed by atoms with E-state index in [4.69, 9.17) is 11.6 Å². The van der Waals surface area contributed by atoms with Crippen LogP contribution in [-0.2, 0) is 16.0 Å². The first kappa shape index (κ1) is 19.2. The van der Waals surface area contributed by atoms with Crippen molar-refractivity contribution in [3.8, 4) is 0 Å². The predicted molar refractivity (Wildman–Crippen MR) is 101 cm³/mol. The Morgan fingerprint density at radius 1 is 1.12 bits per heavy atom. The van der Waals surface area contributed by atoms with E-state index in [0.717, 1.165) is 31.2 Å². The summed E-state index contributed by atoms with van der Waals surface area (Å²) in [5.41, 5.74) is 1.15. The van der Waals surface area contributed by atoms with Gasteiger partial charge in [0.2, 0.25) is 11.8 Å². The van der Waals surface area contributed by atoms with Crippen LogP contribution in [0, 0.1) is 5.92 Å². The molecule has 142 valence electrons. The SMILES string of the molecule is O=C(CCCc1ccc(Cl)cc1)N[C@@H]1C[C@H](C(=O)NC2CCC2)C[C@H]1O. The summed E-state index contributed by atoms with van der Waals surface area (Å²) in [6.07, 6.45) is 5.53. The van der Waals surface area contributed by atoms with Gasteiger partial charge in [0, 0.05) is 23.4 Å². The van der Waals surface area contributed by atoms with Crippen molar-refractivity contribution in [2.24, 2.45) is 5.92 Å². The average molecular weight is 379 g/mol. The molecular weight excluding hydrogens is 352 g/mol. The molecule has 3 rings (SSSR count). The smallest absolute Gasteiger partial charge is 0.223 e. The van der Waals surface area contributed by atoms with Gasteiger partial charge in [0.1, 0.15) is 0 Å². The Morgan fingerprint density at radius 3 is 2.50 bits per heavy atom. The molecule has 0 radical (unpaired) electrons. The number of carbonyl (C=O) groups excluding carboxylic acids is 2. The van der Waals surface area contributed by atoms with Gasteiger partial charge in [-0.2, -0.15) is 0 Å². The standard InChI is InChI=1S/C20H27ClN2O3/c21-15-9-7-13(8-10-15)3-1-6-19(25)23-17-11-14(12-18(17)24)20(26)22-16-4-2-5-16/h7-10,14,16-18,24H,1-6,11-12H2,(H,22,26)(H,23,25)/t14-,17+,18+/m0/s1. The summed E-state index contributed by atoms with van der Waals surface area (Å²) in [6, 6.07) is 7.61. The number of hydrogen-bond donors (Lipinski definition) is 3. The molecular formula is C20H27ClN2O3. The first-order valence-electron chi connectivity index (χ1n) is 9.53. The Labute approximate surface area is 159 Å². The molecule has 2 aliphatic carbocycles. The van der Waals surface area contributed by atoms with Gasteiger partial charge in [0.05, 0.1) is 12.1 Å². The second-order valence-corrected chi connectivity index (χ2v) is 7.96. The Morgan fingerprint density at radius 2 is 1.85 bits per heavy atom. The van der Waals surface area contributed by atoms with Crippen molar-refractivity contribution in [2.45, 2.75) is 69.6 Å². The second-order valence-electron chi connectivity index (χ2n) is 7.53. The van der Waals surface area contributed by atoms with E-state index >= 15 is 0 Å². The Bertz CT molecular complexity index is 630. The number of nitrogens with one attached hydrogen (secondary N) is 2. The number of amides is 2. The Hall–Kier alpha value is -1.59. The average Bonchev–Trinajstić information content (AvgIpc) is 2.93. The van der Waals surface area contributed by atoms with Crippen molar-refractivity contribution in [1.82, 2.24) is 10.6 Å². The van der Waals surface area contributed by atoms with Crippen molar-refractivity contribution in [1.29, 1.82) is 0 Å². The molecule has 0 saturated heterocycles. The van der Waals surface area contributed by atoms with E-state index in [2.05, 4.69) is 10.6 Å². The van der Waals surface area contributed by atoms with E-state index in [1.165, 1.54) is 6.42 Å². The normalized spacial score (nSPS) is 25.5. The maximum Gasteiger partial charge on any atom is 0.223 e. The molecule has 0 spiro atoms. The van der Waals surface area contributed by atoms with Crippen LogP contribution in [0.1, 0.15) is 50.5 Å². The summed E-state index contributed by atoms with van der Waals surface area (Å²) >= 11 is 5.86. The van der Waals surface area contributed by atoms with Gasteiger partial charge in [0.15, 0.2) is 0 Å². The number of rotatable bonds is 7. The van der Waals surface area contributed by atoms with E-state index in [1.54, 1.807) is 0 Å². The van der Waals surface area contributed by atoms with E-state index in [0.29, 0.717) is 30.3 Å². The van der Waals surface area contributed by atoms with Crippen LogP contribution in [-0.4, -0.2) is 35.1 Å². The highest BCUT2D eigenvalue weighted by molar-refractivity contribution is 6.30. The van der Waals surface area contributed by atoms with Gasteiger partial charge in [0.25, 0.3) is 0 Å². The van der Waals surface area contributed by atoms with Crippen molar-refractivity contribution < 1.29 is 14.7 Å². The molecule has 5 nitrogen and oxygen atoms in total. The molecule has 0 unspecified atom stereocenters. The summed E-state index contributed by atoms with van der Waals surface area (Å²) in [5.74, 6) is -0.249. The third-order valence-corrected chi connectivity index (χ3v) is 5.73. The van der Waals surface area contributed by atoms with Crippen LogP contribution in [0.15, 0.2) is 24.3 Å². The van der Waals surface area contributed by atoms with Crippen LogP contribution in [0.3, 0.4) is 0 Å². The van der Waals surface area contributed by atoms with Gasteiger partial charge >= 0.3 is 0 Å². The monoisotopic (exact) mass is 378 g/mol. The van der Waals surface area contributed by atoms with E-state index in [9.17, 15) is 14.7 Å². The van der Waals surface area contributed by atoms with Crippen LogP contribution < -0.4 is 10.6 Å². The van der Waals surface area contributed by atoms with Crippen molar-refractivity contribution >= 4 is 23.4 Å². The predicted octanol–water partition coefficient (Wildman–Crippen LogP) is 2.59. The topological polar surface area (TPSA) is 78.4 Å². The summed E-state index contributed by atoms with van der Waals surface area (Å²) in [5, 5.41) is 16.8. The summed E-state index contributed by atoms with van der Waals surface area (Å²) in [7, 11) is 0. The van der Waals surface area contributed by atoms with Gasteiger partial charge in [-0.1, -0.05) is 23.7 Å². The highest BCUT2D eigenvalue weighted by Crippen LogP contribution is 2.28. The molecule has 3 atom stereocenters. The first-order valence-corrected chi connectivity index (χ1v) is 9.91. The Balaban J connectivity index is 1.38. The number of halogens is 1. The number of hydrogen-bond acceptors (Lipinski definition) is 3. The van der Waals surface area contributed by atoms with Crippen molar-refractivity contribution in [2.75, 3.05) is 0 Å². The minimum Gasteiger partial charge on any atom is -0.391 e. The maximum atomic E-state index is 12.2. The van der Waals surface area contributed by atoms with Crippen LogP contribution in [0.25, 0.3) is 0 Å². The van der Waals surface area contributed by atoms with E-state index in [1.807, 2.05) is 24.3 Å². The van der Waals surface area contributed by atoms with Gasteiger partial charge < -0.3 is 15.7 Å². The van der Waals surface area contributed by atoms with E-state index < -0.39 is 6.10 Å². The molecule has 0 aromatic heterocycles. The quantitative estimate of drug-likeness (QED) is 0.682. The number of benzene rings is 1. The largest absolute Gasteiger partial charge is 0.391 e. The molecule has 2 aliphatic rings. The van der Waals surface area contributed by atoms with Crippen LogP contribution in [0.5, 0.6) is 0 Å². The van der Waals surface area contributed by atoms with Gasteiger partial charge in [-0.25, -0.2) is 0 Å². The minimum absolute atomic E-state index is 0.0215. The lowest BCUT2D eigenvalue weighted by Gasteiger charge is -2.27. The van der Waals surface area contributed by atoms with E-state index in [-0.39, 0.29) is 23.8 Å². The second kappa shape index (κ2) is 8.87. The van der Waals surface area contributed by atoms with Crippen LogP contribution in [0.2, 0.25) is 5.02 Å². The fourth-order valence-electron chi connectivity index (χ4n) is 3.64. The lowest BCUT2D eigenvalue weighted by atomic mass is 9.92.